The standard InChI is InChI=1S/C14H17N/c1-2-4-11(5-3-1)13-7-6-12-8-9-15-14(12)10-13/h6-11,15H,1-5H2. The molecular weight excluding hydrogens is 182 g/mol. The van der Waals surface area contributed by atoms with E-state index in [-0.39, 0.29) is 0 Å². The van der Waals surface area contributed by atoms with Gasteiger partial charge in [-0.1, -0.05) is 31.4 Å². The SMILES string of the molecule is c1cc2ccc(C3CCCCC3)cc2[nH]1. The minimum Gasteiger partial charge on any atom is -0.361 e. The number of aromatic amines is 1. The molecule has 0 spiro atoms. The molecule has 0 atom stereocenters. The quantitative estimate of drug-likeness (QED) is 0.708. The zero-order valence-electron chi connectivity index (χ0n) is 9.00. The number of hydrogen-bond acceptors (Lipinski definition) is 0. The van der Waals surface area contributed by atoms with Gasteiger partial charge in [-0.2, -0.15) is 0 Å². The maximum absolute atomic E-state index is 3.30. The van der Waals surface area contributed by atoms with Crippen LogP contribution in [0.25, 0.3) is 10.9 Å². The van der Waals surface area contributed by atoms with E-state index in [4.69, 9.17) is 0 Å². The van der Waals surface area contributed by atoms with E-state index in [1.807, 2.05) is 6.20 Å². The number of nitrogens with one attached hydrogen (secondary N) is 1. The first-order valence-corrected chi connectivity index (χ1v) is 6.00. The topological polar surface area (TPSA) is 15.8 Å². The van der Waals surface area contributed by atoms with Gasteiger partial charge in [0.05, 0.1) is 0 Å². The van der Waals surface area contributed by atoms with Gasteiger partial charge in [-0.05, 0) is 41.8 Å². The first-order chi connectivity index (χ1) is 7.43. The Morgan fingerprint density at radius 1 is 1.00 bits per heavy atom. The molecule has 1 saturated carbocycles. The number of fused-ring (bicyclic) bond motifs is 1. The maximum atomic E-state index is 3.30. The summed E-state index contributed by atoms with van der Waals surface area (Å²) in [4.78, 5) is 3.30. The summed E-state index contributed by atoms with van der Waals surface area (Å²) in [5.74, 6) is 0.812. The van der Waals surface area contributed by atoms with Crippen molar-refractivity contribution in [2.75, 3.05) is 0 Å². The van der Waals surface area contributed by atoms with E-state index < -0.39 is 0 Å². The molecule has 1 aromatic heterocycles. The number of H-pyrrole nitrogens is 1. The zero-order chi connectivity index (χ0) is 10.1. The third kappa shape index (κ3) is 1.67. The fourth-order valence-electron chi connectivity index (χ4n) is 2.76. The molecule has 3 rings (SSSR count). The molecule has 1 N–H and O–H groups in total. The molecule has 1 aromatic carbocycles. The molecule has 0 amide bonds. The highest BCUT2D eigenvalue weighted by Crippen LogP contribution is 2.33. The Kier molecular flexibility index (Phi) is 2.24. The van der Waals surface area contributed by atoms with Gasteiger partial charge in [0.25, 0.3) is 0 Å². The Labute approximate surface area is 90.5 Å². The monoisotopic (exact) mass is 199 g/mol. The molecule has 1 heterocycles. The number of aromatic nitrogens is 1. The van der Waals surface area contributed by atoms with Crippen molar-refractivity contribution < 1.29 is 0 Å². The first kappa shape index (κ1) is 9.02. The lowest BCUT2D eigenvalue weighted by Crippen LogP contribution is -2.04. The van der Waals surface area contributed by atoms with Crippen LogP contribution in [0.1, 0.15) is 43.6 Å². The van der Waals surface area contributed by atoms with E-state index in [2.05, 4.69) is 29.2 Å². The van der Waals surface area contributed by atoms with Crippen molar-refractivity contribution in [1.29, 1.82) is 0 Å². The van der Waals surface area contributed by atoms with Gasteiger partial charge >= 0.3 is 0 Å². The van der Waals surface area contributed by atoms with Gasteiger partial charge in [0, 0.05) is 11.7 Å². The summed E-state index contributed by atoms with van der Waals surface area (Å²) in [5, 5.41) is 1.33. The molecule has 0 bridgehead atoms. The van der Waals surface area contributed by atoms with Gasteiger partial charge in [-0.15, -0.1) is 0 Å². The van der Waals surface area contributed by atoms with Crippen molar-refractivity contribution in [2.45, 2.75) is 38.0 Å². The van der Waals surface area contributed by atoms with Crippen molar-refractivity contribution in [3.8, 4) is 0 Å². The molecule has 1 aliphatic carbocycles. The molecule has 1 aliphatic rings. The molecule has 1 fully saturated rings. The van der Waals surface area contributed by atoms with Crippen LogP contribution in [0, 0.1) is 0 Å². The molecule has 2 aromatic rings. The second kappa shape index (κ2) is 3.73. The Morgan fingerprint density at radius 2 is 1.87 bits per heavy atom. The van der Waals surface area contributed by atoms with Crippen LogP contribution in [-0.2, 0) is 0 Å². The normalized spacial score (nSPS) is 18.4. The highest BCUT2D eigenvalue weighted by Gasteiger charge is 2.15. The van der Waals surface area contributed by atoms with Crippen LogP contribution in [-0.4, -0.2) is 4.98 Å². The summed E-state index contributed by atoms with van der Waals surface area (Å²) in [6.07, 6.45) is 9.04. The third-order valence-electron chi connectivity index (χ3n) is 3.66. The number of hydrogen-bond donors (Lipinski definition) is 1. The van der Waals surface area contributed by atoms with Crippen LogP contribution in [0.15, 0.2) is 30.5 Å². The number of benzene rings is 1. The van der Waals surface area contributed by atoms with Gasteiger partial charge in [0.15, 0.2) is 0 Å². The fraction of sp³-hybridized carbons (Fsp3) is 0.429. The molecule has 0 aliphatic heterocycles. The average molecular weight is 199 g/mol. The highest BCUT2D eigenvalue weighted by atomic mass is 14.7. The minimum atomic E-state index is 0.812. The fourth-order valence-corrected chi connectivity index (χ4v) is 2.76. The Balaban J connectivity index is 1.95. The van der Waals surface area contributed by atoms with Crippen LogP contribution in [0.2, 0.25) is 0 Å². The summed E-state index contributed by atoms with van der Waals surface area (Å²) >= 11 is 0. The highest BCUT2D eigenvalue weighted by molar-refractivity contribution is 5.79. The van der Waals surface area contributed by atoms with Crippen molar-refractivity contribution in [1.82, 2.24) is 4.98 Å². The summed E-state index contributed by atoms with van der Waals surface area (Å²) in [6.45, 7) is 0. The van der Waals surface area contributed by atoms with Crippen LogP contribution >= 0.6 is 0 Å². The van der Waals surface area contributed by atoms with Gasteiger partial charge in [-0.3, -0.25) is 0 Å². The average Bonchev–Trinajstić information content (AvgIpc) is 2.77. The molecule has 0 saturated heterocycles. The van der Waals surface area contributed by atoms with Crippen LogP contribution in [0.3, 0.4) is 0 Å². The van der Waals surface area contributed by atoms with Crippen molar-refractivity contribution >= 4 is 10.9 Å². The van der Waals surface area contributed by atoms with Gasteiger partial charge in [-0.25, -0.2) is 0 Å². The molecule has 15 heavy (non-hydrogen) atoms. The van der Waals surface area contributed by atoms with Gasteiger partial charge < -0.3 is 4.98 Å². The van der Waals surface area contributed by atoms with E-state index in [9.17, 15) is 0 Å². The zero-order valence-corrected chi connectivity index (χ0v) is 9.00. The van der Waals surface area contributed by atoms with Crippen LogP contribution in [0.5, 0.6) is 0 Å². The van der Waals surface area contributed by atoms with Crippen molar-refractivity contribution in [2.24, 2.45) is 0 Å². The Hall–Kier alpha value is -1.24. The van der Waals surface area contributed by atoms with E-state index >= 15 is 0 Å². The predicted octanol–water partition coefficient (Wildman–Crippen LogP) is 4.22. The van der Waals surface area contributed by atoms with E-state index in [0.29, 0.717) is 0 Å². The van der Waals surface area contributed by atoms with Gasteiger partial charge in [0.1, 0.15) is 0 Å². The minimum absolute atomic E-state index is 0.812. The van der Waals surface area contributed by atoms with E-state index in [1.54, 1.807) is 0 Å². The second-order valence-corrected chi connectivity index (χ2v) is 4.66. The lowest BCUT2D eigenvalue weighted by molar-refractivity contribution is 0.444. The molecule has 78 valence electrons. The summed E-state index contributed by atoms with van der Waals surface area (Å²) in [7, 11) is 0. The van der Waals surface area contributed by atoms with Gasteiger partial charge in [0.2, 0.25) is 0 Å². The summed E-state index contributed by atoms with van der Waals surface area (Å²) < 4.78 is 0. The lowest BCUT2D eigenvalue weighted by atomic mass is 9.84. The van der Waals surface area contributed by atoms with E-state index in [1.165, 1.54) is 48.6 Å². The maximum Gasteiger partial charge on any atom is 0.0456 e. The first-order valence-electron chi connectivity index (χ1n) is 6.00. The predicted molar refractivity (Wildman–Crippen MR) is 64.1 cm³/mol. The molecule has 0 unspecified atom stereocenters. The van der Waals surface area contributed by atoms with Crippen molar-refractivity contribution in [3.63, 3.8) is 0 Å². The summed E-state index contributed by atoms with van der Waals surface area (Å²) in [5.41, 5.74) is 2.82. The van der Waals surface area contributed by atoms with E-state index in [0.717, 1.165) is 5.92 Å². The largest absolute Gasteiger partial charge is 0.361 e. The van der Waals surface area contributed by atoms with Crippen LogP contribution < -0.4 is 0 Å². The third-order valence-corrected chi connectivity index (χ3v) is 3.66. The molecular formula is C14H17N. The second-order valence-electron chi connectivity index (χ2n) is 4.66. The smallest absolute Gasteiger partial charge is 0.0456 e. The van der Waals surface area contributed by atoms with Crippen molar-refractivity contribution in [3.05, 3.63) is 36.0 Å². The van der Waals surface area contributed by atoms with Crippen LogP contribution in [0.4, 0.5) is 0 Å². The lowest BCUT2D eigenvalue weighted by Gasteiger charge is -2.21. The Bertz CT molecular complexity index is 449. The number of rotatable bonds is 1. The molecule has 1 heteroatoms. The summed E-state index contributed by atoms with van der Waals surface area (Å²) in [6, 6.07) is 9.03. The Morgan fingerprint density at radius 3 is 2.73 bits per heavy atom. The molecule has 0 radical (unpaired) electrons. The molecule has 1 nitrogen and oxygen atoms in total.